The maximum atomic E-state index is 11.5. The Hall–Kier alpha value is -1.10. The molecule has 0 atom stereocenters. The number of aliphatic carboxylic acids is 1. The van der Waals surface area contributed by atoms with Crippen LogP contribution in [-0.4, -0.2) is 36.7 Å². The third kappa shape index (κ3) is 4.29. The molecule has 0 unspecified atom stereocenters. The summed E-state index contributed by atoms with van der Waals surface area (Å²) in [5.74, 6) is -0.915. The van der Waals surface area contributed by atoms with Gasteiger partial charge in [-0.15, -0.1) is 0 Å². The van der Waals surface area contributed by atoms with E-state index in [1.807, 2.05) is 6.92 Å². The Bertz CT molecular complexity index is 285. The second-order valence-electron chi connectivity index (χ2n) is 4.87. The van der Waals surface area contributed by atoms with Crippen molar-refractivity contribution in [1.29, 1.82) is 0 Å². The fourth-order valence-electron chi connectivity index (χ4n) is 2.36. The maximum absolute atomic E-state index is 11.5. The average molecular weight is 257 g/mol. The van der Waals surface area contributed by atoms with Crippen LogP contribution in [0.25, 0.3) is 0 Å². The summed E-state index contributed by atoms with van der Waals surface area (Å²) in [6.45, 7) is 3.10. The molecule has 0 heterocycles. The number of hydrogen-bond donors (Lipinski definition) is 2. The Morgan fingerprint density at radius 1 is 1.28 bits per heavy atom. The molecule has 0 aliphatic heterocycles. The smallest absolute Gasteiger partial charge is 0.311 e. The zero-order chi connectivity index (χ0) is 13.4. The number of hydrogen-bond acceptors (Lipinski definition) is 3. The molecule has 0 aromatic heterocycles. The summed E-state index contributed by atoms with van der Waals surface area (Å²) in [6.07, 6.45) is 4.57. The average Bonchev–Trinajstić information content (AvgIpc) is 2.37. The summed E-state index contributed by atoms with van der Waals surface area (Å²) >= 11 is 0. The number of rotatable bonds is 7. The van der Waals surface area contributed by atoms with Crippen molar-refractivity contribution in [2.24, 2.45) is 5.41 Å². The molecule has 2 N–H and O–H groups in total. The molecule has 1 amide bonds. The van der Waals surface area contributed by atoms with Gasteiger partial charge in [-0.25, -0.2) is 0 Å². The van der Waals surface area contributed by atoms with Crippen molar-refractivity contribution in [3.05, 3.63) is 0 Å². The van der Waals surface area contributed by atoms with Crippen LogP contribution >= 0.6 is 0 Å². The Balaban J connectivity index is 2.38. The first-order chi connectivity index (χ1) is 8.60. The number of carboxylic acids is 1. The van der Waals surface area contributed by atoms with Gasteiger partial charge in [0.25, 0.3) is 0 Å². The number of nitrogens with one attached hydrogen (secondary N) is 1. The first-order valence-corrected chi connectivity index (χ1v) is 6.68. The van der Waals surface area contributed by atoms with E-state index >= 15 is 0 Å². The minimum atomic E-state index is -0.785. The van der Waals surface area contributed by atoms with Crippen molar-refractivity contribution < 1.29 is 19.4 Å². The van der Waals surface area contributed by atoms with E-state index in [9.17, 15) is 14.7 Å². The van der Waals surface area contributed by atoms with Crippen molar-refractivity contribution >= 4 is 11.9 Å². The third-order valence-electron chi connectivity index (χ3n) is 3.57. The number of carbonyl (C=O) groups excluding carboxylic acids is 1. The number of amides is 1. The standard InChI is InChI=1S/C13H23NO4/c1-2-18-9-6-11(15)14-10-13(12(16)17)7-4-3-5-8-13/h2-10H2,1H3,(H,14,15)(H,16,17). The highest BCUT2D eigenvalue weighted by atomic mass is 16.5. The third-order valence-corrected chi connectivity index (χ3v) is 3.57. The maximum Gasteiger partial charge on any atom is 0.311 e. The zero-order valence-electron chi connectivity index (χ0n) is 11.0. The highest BCUT2D eigenvalue weighted by Crippen LogP contribution is 2.35. The van der Waals surface area contributed by atoms with Crippen molar-refractivity contribution in [2.45, 2.75) is 45.4 Å². The lowest BCUT2D eigenvalue weighted by Crippen LogP contribution is -2.44. The van der Waals surface area contributed by atoms with Gasteiger partial charge < -0.3 is 15.2 Å². The summed E-state index contributed by atoms with van der Waals surface area (Å²) in [5, 5.41) is 12.1. The molecule has 5 nitrogen and oxygen atoms in total. The van der Waals surface area contributed by atoms with Crippen LogP contribution in [0.4, 0.5) is 0 Å². The lowest BCUT2D eigenvalue weighted by atomic mass is 9.74. The number of carbonyl (C=O) groups is 2. The number of ether oxygens (including phenoxy) is 1. The van der Waals surface area contributed by atoms with E-state index in [0.29, 0.717) is 32.5 Å². The topological polar surface area (TPSA) is 75.6 Å². The molecule has 0 spiro atoms. The molecule has 18 heavy (non-hydrogen) atoms. The molecule has 0 aromatic carbocycles. The molecule has 5 heteroatoms. The monoisotopic (exact) mass is 257 g/mol. The van der Waals surface area contributed by atoms with Gasteiger partial charge in [0.1, 0.15) is 0 Å². The van der Waals surface area contributed by atoms with Crippen LogP contribution < -0.4 is 5.32 Å². The van der Waals surface area contributed by atoms with Crippen LogP contribution in [0.5, 0.6) is 0 Å². The Labute approximate surface area is 108 Å². The van der Waals surface area contributed by atoms with Gasteiger partial charge in [0, 0.05) is 19.6 Å². The molecule has 0 bridgehead atoms. The van der Waals surface area contributed by atoms with Gasteiger partial charge in [0.2, 0.25) is 5.91 Å². The number of carboxylic acid groups (broad SMARTS) is 1. The van der Waals surface area contributed by atoms with Crippen molar-refractivity contribution in [1.82, 2.24) is 5.32 Å². The van der Waals surface area contributed by atoms with E-state index in [1.54, 1.807) is 0 Å². The van der Waals surface area contributed by atoms with Crippen molar-refractivity contribution in [3.8, 4) is 0 Å². The molecular formula is C13H23NO4. The second-order valence-corrected chi connectivity index (χ2v) is 4.87. The molecular weight excluding hydrogens is 234 g/mol. The zero-order valence-corrected chi connectivity index (χ0v) is 11.0. The van der Waals surface area contributed by atoms with Crippen LogP contribution in [0.3, 0.4) is 0 Å². The quantitative estimate of drug-likeness (QED) is 0.679. The molecule has 0 saturated heterocycles. The summed E-state index contributed by atoms with van der Waals surface area (Å²) in [4.78, 5) is 22.9. The lowest BCUT2D eigenvalue weighted by Gasteiger charge is -2.33. The van der Waals surface area contributed by atoms with Gasteiger partial charge in [-0.1, -0.05) is 19.3 Å². The minimum Gasteiger partial charge on any atom is -0.481 e. The Morgan fingerprint density at radius 3 is 2.50 bits per heavy atom. The fraction of sp³-hybridized carbons (Fsp3) is 0.846. The lowest BCUT2D eigenvalue weighted by molar-refractivity contribution is -0.151. The van der Waals surface area contributed by atoms with Gasteiger partial charge in [0.15, 0.2) is 0 Å². The van der Waals surface area contributed by atoms with E-state index in [2.05, 4.69) is 5.32 Å². The largest absolute Gasteiger partial charge is 0.481 e. The molecule has 1 aliphatic rings. The minimum absolute atomic E-state index is 0.130. The van der Waals surface area contributed by atoms with Crippen LogP contribution in [0, 0.1) is 5.41 Å². The van der Waals surface area contributed by atoms with E-state index in [-0.39, 0.29) is 12.5 Å². The summed E-state index contributed by atoms with van der Waals surface area (Å²) in [6, 6.07) is 0. The van der Waals surface area contributed by atoms with Crippen LogP contribution in [0.2, 0.25) is 0 Å². The highest BCUT2D eigenvalue weighted by molar-refractivity contribution is 5.79. The predicted octanol–water partition coefficient (Wildman–Crippen LogP) is 1.56. The fourth-order valence-corrected chi connectivity index (χ4v) is 2.36. The summed E-state index contributed by atoms with van der Waals surface area (Å²) < 4.78 is 5.09. The SMILES string of the molecule is CCOCCC(=O)NCC1(C(=O)O)CCCCC1. The molecule has 0 aromatic rings. The Kier molecular flexibility index (Phi) is 6.12. The first kappa shape index (κ1) is 15.0. The van der Waals surface area contributed by atoms with Gasteiger partial charge in [-0.05, 0) is 19.8 Å². The van der Waals surface area contributed by atoms with E-state index in [4.69, 9.17) is 4.74 Å². The van der Waals surface area contributed by atoms with Gasteiger partial charge in [-0.2, -0.15) is 0 Å². The highest BCUT2D eigenvalue weighted by Gasteiger charge is 2.39. The van der Waals surface area contributed by atoms with Gasteiger partial charge >= 0.3 is 5.97 Å². The van der Waals surface area contributed by atoms with Crippen LogP contribution in [0.15, 0.2) is 0 Å². The normalized spacial score (nSPS) is 18.3. The van der Waals surface area contributed by atoms with E-state index < -0.39 is 11.4 Å². The molecule has 0 radical (unpaired) electrons. The van der Waals surface area contributed by atoms with Crippen LogP contribution in [-0.2, 0) is 14.3 Å². The molecule has 1 saturated carbocycles. The van der Waals surface area contributed by atoms with E-state index in [0.717, 1.165) is 19.3 Å². The second kappa shape index (κ2) is 7.36. The Morgan fingerprint density at radius 2 is 1.94 bits per heavy atom. The van der Waals surface area contributed by atoms with Crippen LogP contribution in [0.1, 0.15) is 45.4 Å². The molecule has 1 aliphatic carbocycles. The molecule has 104 valence electrons. The summed E-state index contributed by atoms with van der Waals surface area (Å²) in [5.41, 5.74) is -0.750. The predicted molar refractivity (Wildman–Crippen MR) is 67.3 cm³/mol. The molecule has 1 fully saturated rings. The van der Waals surface area contributed by atoms with E-state index in [1.165, 1.54) is 0 Å². The molecule has 1 rings (SSSR count). The first-order valence-electron chi connectivity index (χ1n) is 6.68. The van der Waals surface area contributed by atoms with Crippen molar-refractivity contribution in [2.75, 3.05) is 19.8 Å². The van der Waals surface area contributed by atoms with Gasteiger partial charge in [-0.3, -0.25) is 9.59 Å². The summed E-state index contributed by atoms with van der Waals surface area (Å²) in [7, 11) is 0. The van der Waals surface area contributed by atoms with Gasteiger partial charge in [0.05, 0.1) is 12.0 Å². The van der Waals surface area contributed by atoms with Crippen molar-refractivity contribution in [3.63, 3.8) is 0 Å².